The molecule has 0 aromatic rings. The molecule has 0 heterocycles. The van der Waals surface area contributed by atoms with Crippen LogP contribution in [0.3, 0.4) is 0 Å². The van der Waals surface area contributed by atoms with Crippen LogP contribution < -0.4 is 0 Å². The predicted molar refractivity (Wildman–Crippen MR) is 59.8 cm³/mol. The Hall–Kier alpha value is 0.700. The highest BCUT2D eigenvalue weighted by atomic mass is 32.2. The first-order valence-electron chi connectivity index (χ1n) is 4.57. The fraction of sp³-hybridized carbons (Fsp3) is 1.00. The molecular formula is C9H20S2. The average Bonchev–Trinajstić information content (AvgIpc) is 1.97. The van der Waals surface area contributed by atoms with Crippen LogP contribution in [0.1, 0.15) is 52.4 Å². The van der Waals surface area contributed by atoms with Crippen LogP contribution in [0.5, 0.6) is 0 Å². The number of hydrogen-bond acceptors (Lipinski definition) is 2. The minimum absolute atomic E-state index is 0.00792. The van der Waals surface area contributed by atoms with Gasteiger partial charge in [-0.2, -0.15) is 25.3 Å². The summed E-state index contributed by atoms with van der Waals surface area (Å²) in [6, 6.07) is 0. The van der Waals surface area contributed by atoms with Gasteiger partial charge in [0.1, 0.15) is 0 Å². The molecule has 0 nitrogen and oxygen atoms in total. The smallest absolute Gasteiger partial charge is 0.0552 e. The second kappa shape index (κ2) is 6.24. The zero-order valence-electron chi connectivity index (χ0n) is 7.64. The predicted octanol–water partition coefficient (Wildman–Crippen LogP) is 3.92. The van der Waals surface area contributed by atoms with Gasteiger partial charge in [-0.05, 0) is 12.8 Å². The molecule has 68 valence electrons. The van der Waals surface area contributed by atoms with Crippen molar-refractivity contribution >= 4 is 25.3 Å². The lowest BCUT2D eigenvalue weighted by molar-refractivity contribution is 0.590. The van der Waals surface area contributed by atoms with E-state index in [4.69, 9.17) is 0 Å². The molecule has 0 unspecified atom stereocenters. The molecule has 0 radical (unpaired) electrons. The first-order chi connectivity index (χ1) is 5.12. The SMILES string of the molecule is CCCCC(S)(S)CCCC. The molecule has 0 spiro atoms. The standard InChI is InChI=1S/C9H20S2/c1-3-5-7-9(10,11)8-6-4-2/h10-11H,3-8H2,1-2H3. The lowest BCUT2D eigenvalue weighted by atomic mass is 10.1. The van der Waals surface area contributed by atoms with Crippen LogP contribution >= 0.6 is 25.3 Å². The summed E-state index contributed by atoms with van der Waals surface area (Å²) in [5.74, 6) is 0. The highest BCUT2D eigenvalue weighted by molar-refractivity contribution is 8.00. The molecule has 0 N–H and O–H groups in total. The van der Waals surface area contributed by atoms with E-state index in [9.17, 15) is 0 Å². The molecule has 0 aliphatic carbocycles. The summed E-state index contributed by atoms with van der Waals surface area (Å²) in [4.78, 5) is 0. The zero-order valence-corrected chi connectivity index (χ0v) is 9.43. The van der Waals surface area contributed by atoms with Gasteiger partial charge in [-0.3, -0.25) is 0 Å². The van der Waals surface area contributed by atoms with E-state index in [1.54, 1.807) is 0 Å². The zero-order chi connectivity index (χ0) is 8.74. The van der Waals surface area contributed by atoms with E-state index in [0.29, 0.717) is 0 Å². The van der Waals surface area contributed by atoms with Crippen molar-refractivity contribution < 1.29 is 0 Å². The van der Waals surface area contributed by atoms with Crippen molar-refractivity contribution in [3.05, 3.63) is 0 Å². The molecule has 2 heteroatoms. The number of rotatable bonds is 6. The van der Waals surface area contributed by atoms with E-state index in [2.05, 4.69) is 39.1 Å². The Morgan fingerprint density at radius 1 is 0.909 bits per heavy atom. The molecule has 0 aromatic carbocycles. The van der Waals surface area contributed by atoms with Gasteiger partial charge in [0.15, 0.2) is 0 Å². The molecule has 0 amide bonds. The van der Waals surface area contributed by atoms with Crippen LogP contribution in [0, 0.1) is 0 Å². The van der Waals surface area contributed by atoms with Gasteiger partial charge in [-0.25, -0.2) is 0 Å². The monoisotopic (exact) mass is 192 g/mol. The Bertz CT molecular complexity index is 79.6. The maximum Gasteiger partial charge on any atom is 0.0552 e. The van der Waals surface area contributed by atoms with Crippen molar-refractivity contribution in [3.63, 3.8) is 0 Å². The highest BCUT2D eigenvalue weighted by Crippen LogP contribution is 2.31. The molecular weight excluding hydrogens is 172 g/mol. The summed E-state index contributed by atoms with van der Waals surface area (Å²) in [5.41, 5.74) is 0. The van der Waals surface area contributed by atoms with Gasteiger partial charge in [0, 0.05) is 0 Å². The minimum atomic E-state index is -0.00792. The van der Waals surface area contributed by atoms with E-state index in [0.717, 1.165) is 12.8 Å². The Kier molecular flexibility index (Phi) is 6.64. The summed E-state index contributed by atoms with van der Waals surface area (Å²) in [5, 5.41) is 0. The number of unbranched alkanes of at least 4 members (excludes halogenated alkanes) is 2. The Balaban J connectivity index is 3.43. The summed E-state index contributed by atoms with van der Waals surface area (Å²) >= 11 is 9.04. The minimum Gasteiger partial charge on any atom is -0.162 e. The van der Waals surface area contributed by atoms with Gasteiger partial charge in [-0.15, -0.1) is 0 Å². The van der Waals surface area contributed by atoms with Crippen LogP contribution in [-0.4, -0.2) is 4.08 Å². The molecule has 0 rings (SSSR count). The average molecular weight is 192 g/mol. The molecule has 0 aliphatic rings. The third kappa shape index (κ3) is 7.07. The summed E-state index contributed by atoms with van der Waals surface area (Å²) < 4.78 is -0.00792. The third-order valence-corrected chi connectivity index (χ3v) is 2.76. The van der Waals surface area contributed by atoms with Gasteiger partial charge < -0.3 is 0 Å². The quantitative estimate of drug-likeness (QED) is 0.462. The maximum atomic E-state index is 4.52. The van der Waals surface area contributed by atoms with Crippen molar-refractivity contribution in [3.8, 4) is 0 Å². The van der Waals surface area contributed by atoms with E-state index in [-0.39, 0.29) is 4.08 Å². The third-order valence-electron chi connectivity index (χ3n) is 1.86. The Labute approximate surface area is 82.0 Å². The molecule has 0 fully saturated rings. The van der Waals surface area contributed by atoms with Crippen molar-refractivity contribution in [2.24, 2.45) is 0 Å². The molecule has 0 aromatic heterocycles. The van der Waals surface area contributed by atoms with Crippen LogP contribution in [0.15, 0.2) is 0 Å². The van der Waals surface area contributed by atoms with Crippen LogP contribution in [-0.2, 0) is 0 Å². The summed E-state index contributed by atoms with van der Waals surface area (Å²) in [6.45, 7) is 4.41. The fourth-order valence-corrected chi connectivity index (χ4v) is 1.68. The first kappa shape index (κ1) is 11.7. The number of hydrogen-bond donors (Lipinski definition) is 2. The van der Waals surface area contributed by atoms with Crippen LogP contribution in [0.25, 0.3) is 0 Å². The highest BCUT2D eigenvalue weighted by Gasteiger charge is 2.17. The van der Waals surface area contributed by atoms with Crippen LogP contribution in [0.4, 0.5) is 0 Å². The second-order valence-corrected chi connectivity index (χ2v) is 5.25. The van der Waals surface area contributed by atoms with Crippen LogP contribution in [0.2, 0.25) is 0 Å². The van der Waals surface area contributed by atoms with Gasteiger partial charge in [0.2, 0.25) is 0 Å². The van der Waals surface area contributed by atoms with Crippen molar-refractivity contribution in [2.75, 3.05) is 0 Å². The molecule has 0 saturated carbocycles. The molecule has 0 aliphatic heterocycles. The normalized spacial score (nSPS) is 12.0. The van der Waals surface area contributed by atoms with Crippen molar-refractivity contribution in [1.82, 2.24) is 0 Å². The molecule has 11 heavy (non-hydrogen) atoms. The molecule has 0 saturated heterocycles. The van der Waals surface area contributed by atoms with Gasteiger partial charge in [-0.1, -0.05) is 39.5 Å². The van der Waals surface area contributed by atoms with E-state index in [1.165, 1.54) is 25.7 Å². The second-order valence-electron chi connectivity index (χ2n) is 3.19. The van der Waals surface area contributed by atoms with E-state index in [1.807, 2.05) is 0 Å². The molecule has 0 bridgehead atoms. The van der Waals surface area contributed by atoms with Crippen molar-refractivity contribution in [1.29, 1.82) is 0 Å². The fourth-order valence-electron chi connectivity index (χ4n) is 1.04. The van der Waals surface area contributed by atoms with Gasteiger partial charge >= 0.3 is 0 Å². The lowest BCUT2D eigenvalue weighted by Crippen LogP contribution is -2.12. The Morgan fingerprint density at radius 3 is 1.55 bits per heavy atom. The molecule has 0 atom stereocenters. The maximum absolute atomic E-state index is 4.52. The summed E-state index contributed by atoms with van der Waals surface area (Å²) in [6.07, 6.45) is 7.25. The van der Waals surface area contributed by atoms with Crippen molar-refractivity contribution in [2.45, 2.75) is 56.5 Å². The lowest BCUT2D eigenvalue weighted by Gasteiger charge is -2.21. The Morgan fingerprint density at radius 2 is 1.27 bits per heavy atom. The largest absolute Gasteiger partial charge is 0.162 e. The van der Waals surface area contributed by atoms with E-state index >= 15 is 0 Å². The topological polar surface area (TPSA) is 0 Å². The van der Waals surface area contributed by atoms with Gasteiger partial charge in [0.05, 0.1) is 4.08 Å². The van der Waals surface area contributed by atoms with Gasteiger partial charge in [0.25, 0.3) is 0 Å². The number of thiol groups is 2. The first-order valence-corrected chi connectivity index (χ1v) is 5.46. The summed E-state index contributed by atoms with van der Waals surface area (Å²) in [7, 11) is 0. The van der Waals surface area contributed by atoms with E-state index < -0.39 is 0 Å².